The lowest BCUT2D eigenvalue weighted by Gasteiger charge is -2.28. The van der Waals surface area contributed by atoms with E-state index in [1.165, 1.54) is 5.56 Å². The largest absolute Gasteiger partial charge is 0.385 e. The van der Waals surface area contributed by atoms with E-state index in [4.69, 9.17) is 0 Å². The summed E-state index contributed by atoms with van der Waals surface area (Å²) in [6, 6.07) is 6.24. The van der Waals surface area contributed by atoms with E-state index in [9.17, 15) is 4.79 Å². The molecule has 0 radical (unpaired) electrons. The molecular formula is C16H26N2O. The highest BCUT2D eigenvalue weighted by molar-refractivity contribution is 5.99. The van der Waals surface area contributed by atoms with Gasteiger partial charge in [0.05, 0.1) is 5.56 Å². The summed E-state index contributed by atoms with van der Waals surface area (Å²) >= 11 is 0. The smallest absolute Gasteiger partial charge is 0.256 e. The third kappa shape index (κ3) is 3.72. The van der Waals surface area contributed by atoms with Crippen LogP contribution < -0.4 is 5.32 Å². The molecule has 1 unspecified atom stereocenters. The number of nitrogens with one attached hydrogen (secondary N) is 1. The predicted molar refractivity (Wildman–Crippen MR) is 81.8 cm³/mol. The van der Waals surface area contributed by atoms with Gasteiger partial charge in [-0.15, -0.1) is 0 Å². The van der Waals surface area contributed by atoms with Crippen LogP contribution in [0.3, 0.4) is 0 Å². The molecule has 1 atom stereocenters. The van der Waals surface area contributed by atoms with Crippen molar-refractivity contribution in [3.8, 4) is 0 Å². The van der Waals surface area contributed by atoms with Gasteiger partial charge in [-0.2, -0.15) is 0 Å². The molecule has 0 saturated carbocycles. The molecular weight excluding hydrogens is 236 g/mol. The number of nitrogens with zero attached hydrogens (tertiary/aromatic N) is 1. The number of benzene rings is 1. The molecule has 0 fully saturated rings. The Morgan fingerprint density at radius 1 is 1.32 bits per heavy atom. The third-order valence-corrected chi connectivity index (χ3v) is 3.50. The normalized spacial score (nSPS) is 12.1. The van der Waals surface area contributed by atoms with Gasteiger partial charge in [0.2, 0.25) is 0 Å². The van der Waals surface area contributed by atoms with Gasteiger partial charge in [0.25, 0.3) is 5.91 Å². The Kier molecular flexibility index (Phi) is 5.87. The van der Waals surface area contributed by atoms with E-state index < -0.39 is 0 Å². The molecule has 3 nitrogen and oxygen atoms in total. The first-order valence-electron chi connectivity index (χ1n) is 7.20. The molecule has 0 heterocycles. The van der Waals surface area contributed by atoms with Crippen molar-refractivity contribution in [2.24, 2.45) is 0 Å². The second-order valence-corrected chi connectivity index (χ2v) is 4.93. The van der Waals surface area contributed by atoms with Crippen molar-refractivity contribution in [2.45, 2.75) is 47.1 Å². The average molecular weight is 262 g/mol. The van der Waals surface area contributed by atoms with Gasteiger partial charge in [0.15, 0.2) is 0 Å². The van der Waals surface area contributed by atoms with E-state index in [0.717, 1.165) is 30.8 Å². The average Bonchev–Trinajstić information content (AvgIpc) is 2.39. The van der Waals surface area contributed by atoms with Crippen LogP contribution in [0.2, 0.25) is 0 Å². The Labute approximate surface area is 117 Å². The number of anilines is 1. The molecule has 3 heteroatoms. The van der Waals surface area contributed by atoms with Crippen molar-refractivity contribution in [3.05, 3.63) is 29.3 Å². The topological polar surface area (TPSA) is 32.3 Å². The van der Waals surface area contributed by atoms with E-state index in [0.29, 0.717) is 0 Å². The summed E-state index contributed by atoms with van der Waals surface area (Å²) in [5.41, 5.74) is 2.88. The summed E-state index contributed by atoms with van der Waals surface area (Å²) in [7, 11) is 0. The van der Waals surface area contributed by atoms with Crippen molar-refractivity contribution in [1.82, 2.24) is 4.90 Å². The molecule has 1 rings (SSSR count). The minimum atomic E-state index is 0.118. The van der Waals surface area contributed by atoms with E-state index in [-0.39, 0.29) is 11.9 Å². The van der Waals surface area contributed by atoms with Gasteiger partial charge in [0, 0.05) is 24.8 Å². The van der Waals surface area contributed by atoms with Crippen LogP contribution in [0.4, 0.5) is 5.69 Å². The number of hydrogen-bond acceptors (Lipinski definition) is 2. The van der Waals surface area contributed by atoms with Crippen LogP contribution in [-0.4, -0.2) is 29.9 Å². The maximum Gasteiger partial charge on any atom is 0.256 e. The van der Waals surface area contributed by atoms with Crippen molar-refractivity contribution < 1.29 is 4.79 Å². The quantitative estimate of drug-likeness (QED) is 0.848. The minimum absolute atomic E-state index is 0.118. The van der Waals surface area contributed by atoms with Crippen molar-refractivity contribution >= 4 is 11.6 Å². The standard InChI is InChI=1S/C16H26N2O/c1-6-13(5)18(8-3)16(19)14-10-9-12(4)11-15(14)17-7-2/h9-11,13,17H,6-8H2,1-5H3. The van der Waals surface area contributed by atoms with Gasteiger partial charge in [-0.25, -0.2) is 0 Å². The Bertz CT molecular complexity index is 429. The van der Waals surface area contributed by atoms with Gasteiger partial charge in [0.1, 0.15) is 0 Å². The number of carbonyl (C=O) groups excluding carboxylic acids is 1. The number of carbonyl (C=O) groups is 1. The molecule has 19 heavy (non-hydrogen) atoms. The Morgan fingerprint density at radius 2 is 2.00 bits per heavy atom. The van der Waals surface area contributed by atoms with Crippen LogP contribution in [0.5, 0.6) is 0 Å². The Morgan fingerprint density at radius 3 is 2.53 bits per heavy atom. The predicted octanol–water partition coefficient (Wildman–Crippen LogP) is 3.69. The maximum absolute atomic E-state index is 12.7. The van der Waals surface area contributed by atoms with Gasteiger partial charge in [-0.05, 0) is 51.8 Å². The number of amides is 1. The first-order valence-corrected chi connectivity index (χ1v) is 7.20. The number of hydrogen-bond donors (Lipinski definition) is 1. The molecule has 0 bridgehead atoms. The van der Waals surface area contributed by atoms with Gasteiger partial charge in [-0.1, -0.05) is 13.0 Å². The number of aryl methyl sites for hydroxylation is 1. The second-order valence-electron chi connectivity index (χ2n) is 4.93. The monoisotopic (exact) mass is 262 g/mol. The molecule has 1 aromatic rings. The SMILES string of the molecule is CCNc1cc(C)ccc1C(=O)N(CC)C(C)CC. The highest BCUT2D eigenvalue weighted by Gasteiger charge is 2.21. The van der Waals surface area contributed by atoms with E-state index >= 15 is 0 Å². The zero-order chi connectivity index (χ0) is 14.4. The fraction of sp³-hybridized carbons (Fsp3) is 0.562. The summed E-state index contributed by atoms with van der Waals surface area (Å²) in [6.07, 6.45) is 0.974. The number of rotatable bonds is 6. The van der Waals surface area contributed by atoms with Crippen molar-refractivity contribution in [2.75, 3.05) is 18.4 Å². The molecule has 0 saturated heterocycles. The van der Waals surface area contributed by atoms with Crippen LogP contribution in [0.15, 0.2) is 18.2 Å². The summed E-state index contributed by atoms with van der Waals surface area (Å²) in [5, 5.41) is 3.29. The van der Waals surface area contributed by atoms with Crippen LogP contribution in [-0.2, 0) is 0 Å². The van der Waals surface area contributed by atoms with Crippen LogP contribution in [0.1, 0.15) is 50.0 Å². The first kappa shape index (κ1) is 15.5. The first-order chi connectivity index (χ1) is 9.04. The fourth-order valence-electron chi connectivity index (χ4n) is 2.21. The molecule has 0 spiro atoms. The molecule has 0 aliphatic carbocycles. The van der Waals surface area contributed by atoms with Crippen LogP contribution >= 0.6 is 0 Å². The minimum Gasteiger partial charge on any atom is -0.385 e. The Hall–Kier alpha value is -1.51. The summed E-state index contributed by atoms with van der Waals surface area (Å²) in [4.78, 5) is 14.6. The van der Waals surface area contributed by atoms with E-state index in [2.05, 4.69) is 19.2 Å². The second kappa shape index (κ2) is 7.17. The molecule has 1 aromatic carbocycles. The van der Waals surface area contributed by atoms with Crippen molar-refractivity contribution in [3.63, 3.8) is 0 Å². The molecule has 0 aliphatic rings. The lowest BCUT2D eigenvalue weighted by atomic mass is 10.1. The zero-order valence-corrected chi connectivity index (χ0v) is 12.8. The van der Waals surface area contributed by atoms with Crippen LogP contribution in [0.25, 0.3) is 0 Å². The zero-order valence-electron chi connectivity index (χ0n) is 12.8. The highest BCUT2D eigenvalue weighted by Crippen LogP contribution is 2.21. The fourth-order valence-corrected chi connectivity index (χ4v) is 2.21. The highest BCUT2D eigenvalue weighted by atomic mass is 16.2. The molecule has 1 amide bonds. The summed E-state index contributed by atoms with van der Waals surface area (Å²) < 4.78 is 0. The van der Waals surface area contributed by atoms with Crippen LogP contribution in [0, 0.1) is 6.92 Å². The maximum atomic E-state index is 12.7. The third-order valence-electron chi connectivity index (χ3n) is 3.50. The summed E-state index contributed by atoms with van der Waals surface area (Å²) in [6.45, 7) is 11.9. The van der Waals surface area contributed by atoms with Gasteiger partial charge >= 0.3 is 0 Å². The molecule has 0 aliphatic heterocycles. The van der Waals surface area contributed by atoms with E-state index in [1.807, 2.05) is 43.9 Å². The van der Waals surface area contributed by atoms with Gasteiger partial charge in [-0.3, -0.25) is 4.79 Å². The van der Waals surface area contributed by atoms with Gasteiger partial charge < -0.3 is 10.2 Å². The lowest BCUT2D eigenvalue weighted by molar-refractivity contribution is 0.0701. The van der Waals surface area contributed by atoms with E-state index in [1.54, 1.807) is 0 Å². The molecule has 0 aromatic heterocycles. The Balaban J connectivity index is 3.10. The molecule has 1 N–H and O–H groups in total. The lowest BCUT2D eigenvalue weighted by Crippen LogP contribution is -2.38. The van der Waals surface area contributed by atoms with Crippen molar-refractivity contribution in [1.29, 1.82) is 0 Å². The molecule has 106 valence electrons. The summed E-state index contributed by atoms with van der Waals surface area (Å²) in [5.74, 6) is 0.118.